The van der Waals surface area contributed by atoms with Gasteiger partial charge in [-0.3, -0.25) is 9.00 Å². The number of aryl methyl sites for hydroxylation is 1. The minimum Gasteiger partial charge on any atom is -0.458 e. The molecule has 5 nitrogen and oxygen atoms in total. The summed E-state index contributed by atoms with van der Waals surface area (Å²) in [5, 5.41) is 5.78. The number of ether oxygens (including phenoxy) is 1. The lowest BCUT2D eigenvalue weighted by molar-refractivity contribution is -0.137. The first-order valence-corrected chi connectivity index (χ1v) is 12.4. The van der Waals surface area contributed by atoms with Crippen LogP contribution >= 0.6 is 0 Å². The van der Waals surface area contributed by atoms with E-state index in [1.54, 1.807) is 13.1 Å². The van der Waals surface area contributed by atoms with Gasteiger partial charge in [-0.05, 0) is 43.0 Å². The minimum absolute atomic E-state index is 0.136. The van der Waals surface area contributed by atoms with Crippen molar-refractivity contribution in [2.45, 2.75) is 32.9 Å². The van der Waals surface area contributed by atoms with Crippen LogP contribution in [0.15, 0.2) is 66.2 Å². The molecular weight excluding hydrogens is 465 g/mol. The van der Waals surface area contributed by atoms with Crippen LogP contribution < -0.4 is 10.6 Å². The van der Waals surface area contributed by atoms with Crippen molar-refractivity contribution in [2.75, 3.05) is 18.1 Å². The summed E-state index contributed by atoms with van der Waals surface area (Å²) < 4.78 is 56.2. The number of carbonyl (C=O) groups excluding carboxylic acids is 1. The van der Waals surface area contributed by atoms with E-state index in [1.165, 1.54) is 17.7 Å². The molecule has 1 heterocycles. The Morgan fingerprint density at radius 1 is 1.06 bits per heavy atom. The number of nitrogens with one attached hydrogen (secondary N) is 2. The van der Waals surface area contributed by atoms with E-state index in [0.29, 0.717) is 29.2 Å². The van der Waals surface area contributed by atoms with Crippen molar-refractivity contribution in [2.24, 2.45) is 0 Å². The molecule has 2 aromatic rings. The molecule has 3 rings (SSSR count). The van der Waals surface area contributed by atoms with Crippen LogP contribution in [0.5, 0.6) is 0 Å². The average Bonchev–Trinajstić information content (AvgIpc) is 2.80. The molecule has 0 fully saturated rings. The third-order valence-corrected chi connectivity index (χ3v) is 6.52. The molecule has 0 bridgehead atoms. The van der Waals surface area contributed by atoms with Crippen molar-refractivity contribution in [1.82, 2.24) is 10.6 Å². The first-order chi connectivity index (χ1) is 16.2. The van der Waals surface area contributed by atoms with Crippen molar-refractivity contribution in [3.63, 3.8) is 0 Å². The fourth-order valence-electron chi connectivity index (χ4n) is 3.32. The molecule has 0 aromatic heterocycles. The predicted octanol–water partition coefficient (Wildman–Crippen LogP) is 4.53. The summed E-state index contributed by atoms with van der Waals surface area (Å²) in [4.78, 5) is 12.1. The van der Waals surface area contributed by atoms with Crippen molar-refractivity contribution >= 4 is 22.5 Å². The normalized spacial score (nSPS) is 14.7. The molecule has 34 heavy (non-hydrogen) atoms. The Morgan fingerprint density at radius 2 is 1.71 bits per heavy atom. The van der Waals surface area contributed by atoms with Gasteiger partial charge in [0.1, 0.15) is 17.3 Å². The minimum atomic E-state index is -4.37. The maximum Gasteiger partial charge on any atom is 0.416 e. The number of rotatable bonds is 9. The second-order valence-corrected chi connectivity index (χ2v) is 9.32. The zero-order chi connectivity index (χ0) is 24.7. The summed E-state index contributed by atoms with van der Waals surface area (Å²) in [5.74, 6) is 0.827. The van der Waals surface area contributed by atoms with E-state index < -0.39 is 22.5 Å². The lowest BCUT2D eigenvalue weighted by Crippen LogP contribution is -2.31. The molecule has 1 atom stereocenters. The maximum absolute atomic E-state index is 12.6. The van der Waals surface area contributed by atoms with Gasteiger partial charge >= 0.3 is 6.18 Å². The Morgan fingerprint density at radius 3 is 2.29 bits per heavy atom. The molecule has 0 radical (unpaired) electrons. The van der Waals surface area contributed by atoms with Gasteiger partial charge in [-0.15, -0.1) is 0 Å². The predicted molar refractivity (Wildman–Crippen MR) is 127 cm³/mol. The van der Waals surface area contributed by atoms with Gasteiger partial charge in [0.15, 0.2) is 0 Å². The maximum atomic E-state index is 12.6. The molecule has 0 aliphatic carbocycles. The standard InChI is InChI=1S/C25H27F3N2O3S/c1-3-18-4-8-20(9-5-18)23-14-30-22(17(2)33-23)15-34(32)16-24(31)29-13-12-19-6-10-21(11-7-19)25(26,27)28/h4-11,14,30H,3,12-13,15-16H2,1-2H3,(H,29,31). The Balaban J connectivity index is 1.42. The van der Waals surface area contributed by atoms with Crippen molar-refractivity contribution < 1.29 is 26.9 Å². The Bertz CT molecular complexity index is 1090. The average molecular weight is 493 g/mol. The lowest BCUT2D eigenvalue weighted by Gasteiger charge is -2.21. The van der Waals surface area contributed by atoms with Gasteiger partial charge in [-0.25, -0.2) is 0 Å². The van der Waals surface area contributed by atoms with E-state index in [9.17, 15) is 22.2 Å². The second kappa shape index (κ2) is 11.4. The topological polar surface area (TPSA) is 67.4 Å². The fraction of sp³-hybridized carbons (Fsp3) is 0.320. The monoisotopic (exact) mass is 492 g/mol. The van der Waals surface area contributed by atoms with Crippen LogP contribution in [0, 0.1) is 0 Å². The van der Waals surface area contributed by atoms with E-state index in [-0.39, 0.29) is 24.0 Å². The number of benzene rings is 2. The number of hydrogen-bond donors (Lipinski definition) is 2. The van der Waals surface area contributed by atoms with Gasteiger partial charge in [0, 0.05) is 29.1 Å². The van der Waals surface area contributed by atoms with Gasteiger partial charge in [0.25, 0.3) is 0 Å². The zero-order valence-electron chi connectivity index (χ0n) is 19.0. The van der Waals surface area contributed by atoms with Crippen molar-refractivity contribution in [1.29, 1.82) is 0 Å². The van der Waals surface area contributed by atoms with E-state index in [0.717, 1.165) is 24.1 Å². The van der Waals surface area contributed by atoms with Crippen molar-refractivity contribution in [3.8, 4) is 0 Å². The molecular formula is C25H27F3N2O3S. The van der Waals surface area contributed by atoms with Crippen LogP contribution in [0.3, 0.4) is 0 Å². The molecule has 9 heteroatoms. The molecule has 1 unspecified atom stereocenters. The molecule has 0 saturated heterocycles. The first kappa shape index (κ1) is 25.6. The smallest absolute Gasteiger partial charge is 0.416 e. The van der Waals surface area contributed by atoms with E-state index in [4.69, 9.17) is 4.74 Å². The number of hydrogen-bond acceptors (Lipinski definition) is 4. The van der Waals surface area contributed by atoms with Crippen LogP contribution in [0.1, 0.15) is 36.1 Å². The zero-order valence-corrected chi connectivity index (χ0v) is 19.8. The van der Waals surface area contributed by atoms with Gasteiger partial charge in [-0.2, -0.15) is 13.2 Å². The lowest BCUT2D eigenvalue weighted by atomic mass is 10.1. The third-order valence-electron chi connectivity index (χ3n) is 5.33. The summed E-state index contributed by atoms with van der Waals surface area (Å²) in [6.07, 6.45) is -1.33. The molecule has 2 N–H and O–H groups in total. The number of amides is 1. The molecule has 1 aliphatic rings. The number of alkyl halides is 3. The molecule has 2 aromatic carbocycles. The Kier molecular flexibility index (Phi) is 8.55. The Hall–Kier alpha value is -3.07. The molecule has 0 spiro atoms. The number of allylic oxidation sites excluding steroid dienone is 1. The molecule has 1 amide bonds. The van der Waals surface area contributed by atoms with Crippen LogP contribution in [-0.2, 0) is 39.3 Å². The van der Waals surface area contributed by atoms with Crippen molar-refractivity contribution in [3.05, 3.63) is 88.4 Å². The van der Waals surface area contributed by atoms with E-state index in [1.807, 2.05) is 24.3 Å². The van der Waals surface area contributed by atoms with Crippen LogP contribution in [0.4, 0.5) is 13.2 Å². The molecule has 1 aliphatic heterocycles. The third kappa shape index (κ3) is 7.21. The molecule has 0 saturated carbocycles. The van der Waals surface area contributed by atoms with Crippen LogP contribution in [0.25, 0.3) is 5.76 Å². The highest BCUT2D eigenvalue weighted by molar-refractivity contribution is 7.85. The number of halogens is 3. The number of carbonyl (C=O) groups is 1. The summed E-state index contributed by atoms with van der Waals surface area (Å²) in [6.45, 7) is 4.11. The fourth-order valence-corrected chi connectivity index (χ4v) is 4.42. The van der Waals surface area contributed by atoms with Gasteiger partial charge in [0.2, 0.25) is 5.91 Å². The van der Waals surface area contributed by atoms with Gasteiger partial charge < -0.3 is 15.4 Å². The summed E-state index contributed by atoms with van der Waals surface area (Å²) in [5.41, 5.74) is 2.76. The second-order valence-electron chi connectivity index (χ2n) is 7.86. The summed E-state index contributed by atoms with van der Waals surface area (Å²) >= 11 is 0. The Labute approximate surface area is 199 Å². The van der Waals surface area contributed by atoms with E-state index >= 15 is 0 Å². The highest BCUT2D eigenvalue weighted by atomic mass is 32.2. The first-order valence-electron chi connectivity index (χ1n) is 10.9. The highest BCUT2D eigenvalue weighted by Crippen LogP contribution is 2.29. The van der Waals surface area contributed by atoms with Gasteiger partial charge in [0.05, 0.1) is 17.0 Å². The summed E-state index contributed by atoms with van der Waals surface area (Å²) in [7, 11) is -1.46. The molecule has 182 valence electrons. The quantitative estimate of drug-likeness (QED) is 0.540. The van der Waals surface area contributed by atoms with Gasteiger partial charge in [-0.1, -0.05) is 43.3 Å². The van der Waals surface area contributed by atoms with Crippen LogP contribution in [0.2, 0.25) is 0 Å². The summed E-state index contributed by atoms with van der Waals surface area (Å²) in [6, 6.07) is 12.9. The van der Waals surface area contributed by atoms with E-state index in [2.05, 4.69) is 17.6 Å². The highest BCUT2D eigenvalue weighted by Gasteiger charge is 2.29. The largest absolute Gasteiger partial charge is 0.458 e. The van der Waals surface area contributed by atoms with Crippen LogP contribution in [-0.4, -0.2) is 28.2 Å². The SMILES string of the molecule is CCc1ccc(C2=CNC(CS(=O)CC(=O)NCCc3ccc(C(F)(F)F)cc3)=C(C)O2)cc1.